The first-order chi connectivity index (χ1) is 9.50. The summed E-state index contributed by atoms with van der Waals surface area (Å²) in [7, 11) is 1.44. The van der Waals surface area contributed by atoms with Crippen LogP contribution in [-0.2, 0) is 16.0 Å². The topological polar surface area (TPSA) is 70.1 Å². The van der Waals surface area contributed by atoms with E-state index in [0.29, 0.717) is 24.9 Å². The second-order valence-corrected chi connectivity index (χ2v) is 6.18. The highest BCUT2D eigenvalue weighted by Crippen LogP contribution is 2.42. The van der Waals surface area contributed by atoms with Crippen LogP contribution in [0.15, 0.2) is 12.3 Å². The summed E-state index contributed by atoms with van der Waals surface area (Å²) in [5.41, 5.74) is 6.23. The Morgan fingerprint density at radius 1 is 1.60 bits per heavy atom. The van der Waals surface area contributed by atoms with Gasteiger partial charge in [0.2, 0.25) is 0 Å². The molecule has 0 spiro atoms. The molecule has 0 aliphatic heterocycles. The quantitative estimate of drug-likeness (QED) is 0.774. The zero-order chi connectivity index (χ0) is 14.8. The molecule has 5 heteroatoms. The predicted octanol–water partition coefficient (Wildman–Crippen LogP) is 1.92. The molecule has 1 atom stereocenters. The summed E-state index contributed by atoms with van der Waals surface area (Å²) in [6, 6.07) is 2.29. The molecule has 1 heterocycles. The normalized spacial score (nSPS) is 18.1. The summed E-state index contributed by atoms with van der Waals surface area (Å²) in [4.78, 5) is 12.2. The van der Waals surface area contributed by atoms with Crippen molar-refractivity contribution in [2.75, 3.05) is 13.7 Å². The molecular formula is C15H25N3O2. The van der Waals surface area contributed by atoms with Crippen LogP contribution in [0, 0.1) is 11.3 Å². The van der Waals surface area contributed by atoms with Crippen LogP contribution in [0.3, 0.4) is 0 Å². The zero-order valence-electron chi connectivity index (χ0n) is 12.6. The highest BCUT2D eigenvalue weighted by atomic mass is 16.5. The highest BCUT2D eigenvalue weighted by molar-refractivity contribution is 5.77. The van der Waals surface area contributed by atoms with E-state index in [1.165, 1.54) is 20.0 Å². The minimum atomic E-state index is -0.619. The van der Waals surface area contributed by atoms with Crippen LogP contribution in [0.2, 0.25) is 0 Å². The van der Waals surface area contributed by atoms with E-state index in [1.807, 2.05) is 16.9 Å². The van der Waals surface area contributed by atoms with Gasteiger partial charge in [-0.25, -0.2) is 0 Å². The minimum absolute atomic E-state index is 0.203. The first kappa shape index (κ1) is 15.0. The largest absolute Gasteiger partial charge is 0.469 e. The maximum Gasteiger partial charge on any atom is 0.313 e. The van der Waals surface area contributed by atoms with Crippen molar-refractivity contribution in [2.45, 2.75) is 45.6 Å². The summed E-state index contributed by atoms with van der Waals surface area (Å²) in [5.74, 6) is 0.413. The van der Waals surface area contributed by atoms with Gasteiger partial charge in [0.1, 0.15) is 0 Å². The van der Waals surface area contributed by atoms with Gasteiger partial charge in [-0.3, -0.25) is 9.48 Å². The van der Waals surface area contributed by atoms with Crippen LogP contribution >= 0.6 is 0 Å². The van der Waals surface area contributed by atoms with E-state index in [4.69, 9.17) is 10.5 Å². The number of methoxy groups -OCH3 is 1. The second kappa shape index (κ2) is 5.95. The molecule has 1 aliphatic carbocycles. The van der Waals surface area contributed by atoms with Crippen molar-refractivity contribution in [2.24, 2.45) is 17.1 Å². The lowest BCUT2D eigenvalue weighted by Crippen LogP contribution is -2.42. The van der Waals surface area contributed by atoms with Crippen molar-refractivity contribution in [1.29, 1.82) is 0 Å². The molecule has 112 valence electrons. The monoisotopic (exact) mass is 279 g/mol. The fraction of sp³-hybridized carbons (Fsp3) is 0.733. The molecule has 0 amide bonds. The Morgan fingerprint density at radius 2 is 2.30 bits per heavy atom. The van der Waals surface area contributed by atoms with E-state index in [-0.39, 0.29) is 5.97 Å². The van der Waals surface area contributed by atoms with Gasteiger partial charge in [-0.15, -0.1) is 0 Å². The Bertz CT molecular complexity index is 465. The molecule has 1 aromatic rings. The Morgan fingerprint density at radius 3 is 2.75 bits per heavy atom. The van der Waals surface area contributed by atoms with Gasteiger partial charge in [-0.1, -0.05) is 12.8 Å². The van der Waals surface area contributed by atoms with E-state index < -0.39 is 5.41 Å². The Hall–Kier alpha value is -1.36. The summed E-state index contributed by atoms with van der Waals surface area (Å²) >= 11 is 0. The Balaban J connectivity index is 2.18. The van der Waals surface area contributed by atoms with E-state index >= 15 is 0 Å². The lowest BCUT2D eigenvalue weighted by molar-refractivity contribution is -0.153. The highest BCUT2D eigenvalue weighted by Gasteiger charge is 2.43. The van der Waals surface area contributed by atoms with Gasteiger partial charge >= 0.3 is 5.97 Å². The molecule has 1 unspecified atom stereocenters. The molecule has 0 saturated heterocycles. The van der Waals surface area contributed by atoms with Gasteiger partial charge in [-0.05, 0) is 32.3 Å². The maximum atomic E-state index is 12.2. The first-order valence-electron chi connectivity index (χ1n) is 7.33. The third-order valence-electron chi connectivity index (χ3n) is 4.10. The molecule has 0 aromatic carbocycles. The number of nitrogens with two attached hydrogens (primary N) is 1. The van der Waals surface area contributed by atoms with Crippen molar-refractivity contribution >= 4 is 5.97 Å². The molecule has 0 bridgehead atoms. The van der Waals surface area contributed by atoms with Crippen LogP contribution in [0.4, 0.5) is 0 Å². The summed E-state index contributed by atoms with van der Waals surface area (Å²) in [6.45, 7) is 4.47. The number of esters is 1. The van der Waals surface area contributed by atoms with Gasteiger partial charge in [0.15, 0.2) is 0 Å². The van der Waals surface area contributed by atoms with E-state index in [2.05, 4.69) is 18.9 Å². The zero-order valence-corrected chi connectivity index (χ0v) is 12.6. The van der Waals surface area contributed by atoms with Crippen LogP contribution in [0.25, 0.3) is 0 Å². The van der Waals surface area contributed by atoms with Gasteiger partial charge < -0.3 is 10.5 Å². The predicted molar refractivity (Wildman–Crippen MR) is 77.2 cm³/mol. The third-order valence-corrected chi connectivity index (χ3v) is 4.10. The first-order valence-corrected chi connectivity index (χ1v) is 7.33. The van der Waals surface area contributed by atoms with E-state index in [9.17, 15) is 4.79 Å². The fourth-order valence-corrected chi connectivity index (χ4v) is 2.66. The number of carbonyl (C=O) groups is 1. The third kappa shape index (κ3) is 3.20. The van der Waals surface area contributed by atoms with Crippen molar-refractivity contribution in [3.63, 3.8) is 0 Å². The number of aromatic nitrogens is 2. The molecule has 5 nitrogen and oxygen atoms in total. The lowest BCUT2D eigenvalue weighted by Gasteiger charge is -2.29. The van der Waals surface area contributed by atoms with Crippen LogP contribution in [0.1, 0.15) is 44.8 Å². The smallest absolute Gasteiger partial charge is 0.313 e. The van der Waals surface area contributed by atoms with Crippen molar-refractivity contribution in [1.82, 2.24) is 9.78 Å². The van der Waals surface area contributed by atoms with Gasteiger partial charge in [0, 0.05) is 25.2 Å². The molecule has 20 heavy (non-hydrogen) atoms. The van der Waals surface area contributed by atoms with E-state index in [1.54, 1.807) is 0 Å². The number of rotatable bonds is 7. The van der Waals surface area contributed by atoms with Crippen LogP contribution in [0.5, 0.6) is 0 Å². The number of hydrogen-bond donors (Lipinski definition) is 1. The summed E-state index contributed by atoms with van der Waals surface area (Å²) < 4.78 is 6.92. The summed E-state index contributed by atoms with van der Waals surface area (Å²) in [6.07, 6.45) is 5.71. The molecule has 1 aromatic heterocycles. The van der Waals surface area contributed by atoms with Gasteiger partial charge in [-0.2, -0.15) is 5.10 Å². The standard InChI is InChI=1S/C15H25N3O2/c1-11(2)18-7-6-13(17-18)9-15(10-16,14(19)20-3)8-12-4-5-12/h6-7,11-12H,4-5,8-10,16H2,1-3H3. The number of hydrogen-bond acceptors (Lipinski definition) is 4. The molecule has 2 N–H and O–H groups in total. The average molecular weight is 279 g/mol. The Labute approximate surface area is 120 Å². The molecule has 0 radical (unpaired) electrons. The molecule has 1 aliphatic rings. The number of nitrogens with zero attached hydrogens (tertiary/aromatic N) is 2. The number of carbonyl (C=O) groups excluding carboxylic acids is 1. The van der Waals surface area contributed by atoms with Gasteiger partial charge in [0.05, 0.1) is 18.2 Å². The van der Waals surface area contributed by atoms with Crippen LogP contribution in [-0.4, -0.2) is 29.4 Å². The second-order valence-electron chi connectivity index (χ2n) is 6.18. The van der Waals surface area contributed by atoms with Crippen molar-refractivity contribution in [3.05, 3.63) is 18.0 Å². The molecular weight excluding hydrogens is 254 g/mol. The average Bonchev–Trinajstić information content (AvgIpc) is 3.12. The summed E-state index contributed by atoms with van der Waals surface area (Å²) in [5, 5.41) is 4.54. The molecule has 2 rings (SSSR count). The van der Waals surface area contributed by atoms with Crippen molar-refractivity contribution < 1.29 is 9.53 Å². The molecule has 1 fully saturated rings. The van der Waals surface area contributed by atoms with Crippen molar-refractivity contribution in [3.8, 4) is 0 Å². The minimum Gasteiger partial charge on any atom is -0.469 e. The fourth-order valence-electron chi connectivity index (χ4n) is 2.66. The lowest BCUT2D eigenvalue weighted by atomic mass is 9.78. The van der Waals surface area contributed by atoms with Crippen LogP contribution < -0.4 is 5.73 Å². The Kier molecular flexibility index (Phi) is 4.48. The SMILES string of the molecule is COC(=O)C(CN)(Cc1ccn(C(C)C)n1)CC1CC1. The van der Waals surface area contributed by atoms with Gasteiger partial charge in [0.25, 0.3) is 0 Å². The molecule has 1 saturated carbocycles. The van der Waals surface area contributed by atoms with E-state index in [0.717, 1.165) is 12.1 Å². The maximum absolute atomic E-state index is 12.2. The number of ether oxygens (including phenoxy) is 1.